The predicted octanol–water partition coefficient (Wildman–Crippen LogP) is 3.68. The van der Waals surface area contributed by atoms with E-state index in [0.717, 1.165) is 5.56 Å². The van der Waals surface area contributed by atoms with E-state index in [1.54, 1.807) is 24.3 Å². The highest BCUT2D eigenvalue weighted by atomic mass is 35.5. The summed E-state index contributed by atoms with van der Waals surface area (Å²) in [6.45, 7) is 0. The number of carbonyl (C=O) groups is 1. The largest absolute Gasteiger partial charge is 0.478 e. The van der Waals surface area contributed by atoms with E-state index in [0.29, 0.717) is 28.8 Å². The van der Waals surface area contributed by atoms with Crippen molar-refractivity contribution in [3.63, 3.8) is 0 Å². The number of carboxylic acids is 1. The number of halogens is 1. The average molecular weight is 315 g/mol. The van der Waals surface area contributed by atoms with Crippen LogP contribution in [-0.2, 0) is 6.42 Å². The molecule has 0 saturated carbocycles. The van der Waals surface area contributed by atoms with Gasteiger partial charge in [0.1, 0.15) is 0 Å². The highest BCUT2D eigenvalue weighted by molar-refractivity contribution is 6.33. The lowest BCUT2D eigenvalue weighted by Gasteiger charge is -1.99. The van der Waals surface area contributed by atoms with Gasteiger partial charge in [0.15, 0.2) is 0 Å². The molecule has 5 nitrogen and oxygen atoms in total. The van der Waals surface area contributed by atoms with Gasteiger partial charge < -0.3 is 9.52 Å². The third kappa shape index (κ3) is 2.99. The van der Waals surface area contributed by atoms with E-state index >= 15 is 0 Å². The second kappa shape index (κ2) is 5.99. The summed E-state index contributed by atoms with van der Waals surface area (Å²) < 4.78 is 5.60. The van der Waals surface area contributed by atoms with Gasteiger partial charge in [-0.3, -0.25) is 0 Å². The number of benzene rings is 2. The summed E-state index contributed by atoms with van der Waals surface area (Å²) in [6, 6.07) is 13.8. The summed E-state index contributed by atoms with van der Waals surface area (Å²) in [6.07, 6.45) is 0.360. The van der Waals surface area contributed by atoms with Crippen LogP contribution in [0.3, 0.4) is 0 Å². The van der Waals surface area contributed by atoms with Crippen LogP contribution in [0.15, 0.2) is 52.9 Å². The van der Waals surface area contributed by atoms with Gasteiger partial charge in [-0.15, -0.1) is 10.2 Å². The molecule has 0 aliphatic rings. The van der Waals surface area contributed by atoms with Gasteiger partial charge >= 0.3 is 5.97 Å². The number of aromatic nitrogens is 2. The van der Waals surface area contributed by atoms with Crippen molar-refractivity contribution in [2.45, 2.75) is 6.42 Å². The Morgan fingerprint density at radius 3 is 2.73 bits per heavy atom. The Hall–Kier alpha value is -2.66. The number of hydrogen-bond donors (Lipinski definition) is 1. The van der Waals surface area contributed by atoms with Crippen molar-refractivity contribution >= 4 is 17.6 Å². The minimum atomic E-state index is -0.968. The maximum Gasteiger partial charge on any atom is 0.335 e. The second-order valence-corrected chi connectivity index (χ2v) is 5.07. The minimum absolute atomic E-state index is 0.225. The monoisotopic (exact) mass is 314 g/mol. The minimum Gasteiger partial charge on any atom is -0.478 e. The molecule has 22 heavy (non-hydrogen) atoms. The number of aromatic carboxylic acids is 1. The number of hydrogen-bond acceptors (Lipinski definition) is 4. The Morgan fingerprint density at radius 1 is 1.14 bits per heavy atom. The Bertz CT molecular complexity index is 830. The third-order valence-corrected chi connectivity index (χ3v) is 3.43. The summed E-state index contributed by atoms with van der Waals surface area (Å²) in [5.74, 6) is -0.225. The molecule has 1 N–H and O–H groups in total. The average Bonchev–Trinajstić information content (AvgIpc) is 2.96. The molecule has 0 aliphatic carbocycles. The lowest BCUT2D eigenvalue weighted by molar-refractivity contribution is 0.0696. The van der Waals surface area contributed by atoms with Gasteiger partial charge in [0.25, 0.3) is 0 Å². The molecule has 1 aromatic heterocycles. The van der Waals surface area contributed by atoms with E-state index in [2.05, 4.69) is 10.2 Å². The van der Waals surface area contributed by atoms with Crippen LogP contribution in [-0.4, -0.2) is 21.3 Å². The van der Waals surface area contributed by atoms with Crippen LogP contribution in [0.25, 0.3) is 11.5 Å². The zero-order valence-corrected chi connectivity index (χ0v) is 12.1. The van der Waals surface area contributed by atoms with Gasteiger partial charge in [0, 0.05) is 0 Å². The second-order valence-electron chi connectivity index (χ2n) is 4.66. The summed E-state index contributed by atoms with van der Waals surface area (Å²) in [4.78, 5) is 11.0. The van der Waals surface area contributed by atoms with Crippen molar-refractivity contribution in [1.29, 1.82) is 0 Å². The first-order chi connectivity index (χ1) is 10.6. The zero-order valence-electron chi connectivity index (χ0n) is 11.4. The lowest BCUT2D eigenvalue weighted by atomic mass is 10.1. The quantitative estimate of drug-likeness (QED) is 0.795. The molecule has 3 rings (SSSR count). The first-order valence-electron chi connectivity index (χ1n) is 6.53. The molecule has 2 aromatic carbocycles. The van der Waals surface area contributed by atoms with Crippen LogP contribution >= 0.6 is 11.6 Å². The summed E-state index contributed by atoms with van der Waals surface area (Å²) in [5.41, 5.74) is 1.68. The first kappa shape index (κ1) is 14.3. The van der Waals surface area contributed by atoms with Crippen LogP contribution in [0.1, 0.15) is 21.8 Å². The van der Waals surface area contributed by atoms with E-state index < -0.39 is 5.97 Å². The van der Waals surface area contributed by atoms with Crippen molar-refractivity contribution in [1.82, 2.24) is 10.2 Å². The lowest BCUT2D eigenvalue weighted by Crippen LogP contribution is -1.97. The molecular formula is C16H11ClN2O3. The van der Waals surface area contributed by atoms with E-state index in [9.17, 15) is 4.79 Å². The molecule has 0 atom stereocenters. The van der Waals surface area contributed by atoms with E-state index in [-0.39, 0.29) is 5.56 Å². The van der Waals surface area contributed by atoms with Crippen LogP contribution in [0.2, 0.25) is 5.02 Å². The summed E-state index contributed by atoms with van der Waals surface area (Å²) in [5, 5.41) is 17.5. The molecular weight excluding hydrogens is 304 g/mol. The fourth-order valence-electron chi connectivity index (χ4n) is 2.06. The molecule has 0 radical (unpaired) electrons. The van der Waals surface area contributed by atoms with Crippen molar-refractivity contribution in [3.05, 3.63) is 70.6 Å². The molecule has 0 unspecified atom stereocenters. The van der Waals surface area contributed by atoms with Gasteiger partial charge in [-0.1, -0.05) is 35.9 Å². The van der Waals surface area contributed by atoms with Crippen LogP contribution in [0.4, 0.5) is 0 Å². The zero-order chi connectivity index (χ0) is 15.5. The molecule has 1 heterocycles. The Morgan fingerprint density at radius 2 is 1.95 bits per heavy atom. The Kier molecular flexibility index (Phi) is 3.89. The van der Waals surface area contributed by atoms with Crippen molar-refractivity contribution in [2.24, 2.45) is 0 Å². The molecule has 0 fully saturated rings. The molecule has 0 bridgehead atoms. The van der Waals surface area contributed by atoms with Crippen molar-refractivity contribution < 1.29 is 14.3 Å². The fraction of sp³-hybridized carbons (Fsp3) is 0.0625. The molecule has 3 aromatic rings. The van der Waals surface area contributed by atoms with Gasteiger partial charge in [-0.2, -0.15) is 0 Å². The first-order valence-corrected chi connectivity index (χ1v) is 6.91. The maximum atomic E-state index is 11.0. The normalized spacial score (nSPS) is 10.6. The summed E-state index contributed by atoms with van der Waals surface area (Å²) in [7, 11) is 0. The number of carboxylic acid groups (broad SMARTS) is 1. The molecule has 0 amide bonds. The van der Waals surface area contributed by atoms with E-state index in [4.69, 9.17) is 21.1 Å². The Balaban J connectivity index is 1.85. The molecule has 0 spiro atoms. The molecule has 0 aliphatic heterocycles. The standard InChI is InChI=1S/C16H11ClN2O3/c17-13-7-2-1-6-12(13)15-19-18-14(22-15)9-10-4-3-5-11(8-10)16(20)21/h1-8H,9H2,(H,20,21). The van der Waals surface area contributed by atoms with Crippen LogP contribution in [0, 0.1) is 0 Å². The third-order valence-electron chi connectivity index (χ3n) is 3.10. The maximum absolute atomic E-state index is 11.0. The van der Waals surface area contributed by atoms with Gasteiger partial charge in [0.05, 0.1) is 22.6 Å². The smallest absolute Gasteiger partial charge is 0.335 e. The van der Waals surface area contributed by atoms with Crippen molar-refractivity contribution in [2.75, 3.05) is 0 Å². The predicted molar refractivity (Wildman–Crippen MR) is 81.0 cm³/mol. The Labute approximate surface area is 131 Å². The number of rotatable bonds is 4. The number of nitrogens with zero attached hydrogens (tertiary/aromatic N) is 2. The van der Waals surface area contributed by atoms with Gasteiger partial charge in [-0.25, -0.2) is 4.79 Å². The molecule has 0 saturated heterocycles. The van der Waals surface area contributed by atoms with Crippen molar-refractivity contribution in [3.8, 4) is 11.5 Å². The van der Waals surface area contributed by atoms with Crippen LogP contribution in [0.5, 0.6) is 0 Å². The molecule has 110 valence electrons. The highest BCUT2D eigenvalue weighted by Crippen LogP contribution is 2.26. The van der Waals surface area contributed by atoms with E-state index in [1.807, 2.05) is 18.2 Å². The van der Waals surface area contributed by atoms with Gasteiger partial charge in [0.2, 0.25) is 11.8 Å². The summed E-state index contributed by atoms with van der Waals surface area (Å²) >= 11 is 6.09. The highest BCUT2D eigenvalue weighted by Gasteiger charge is 2.12. The molecule has 6 heteroatoms. The fourth-order valence-corrected chi connectivity index (χ4v) is 2.27. The topological polar surface area (TPSA) is 76.2 Å². The van der Waals surface area contributed by atoms with Crippen LogP contribution < -0.4 is 0 Å². The van der Waals surface area contributed by atoms with Gasteiger partial charge in [-0.05, 0) is 29.8 Å². The van der Waals surface area contributed by atoms with E-state index in [1.165, 1.54) is 6.07 Å². The SMILES string of the molecule is O=C(O)c1cccc(Cc2nnc(-c3ccccc3Cl)o2)c1.